The quantitative estimate of drug-likeness (QED) is 0.594. The molecular formula is C10H22N2O3. The first-order valence-corrected chi connectivity index (χ1v) is 5.15. The summed E-state index contributed by atoms with van der Waals surface area (Å²) in [6, 6.07) is -0.468. The van der Waals surface area contributed by atoms with E-state index in [9.17, 15) is 4.79 Å². The van der Waals surface area contributed by atoms with Crippen molar-refractivity contribution in [2.24, 2.45) is 11.7 Å². The molecule has 0 aromatic rings. The van der Waals surface area contributed by atoms with E-state index in [0.29, 0.717) is 6.54 Å². The first-order valence-electron chi connectivity index (χ1n) is 5.15. The highest BCUT2D eigenvalue weighted by atomic mass is 16.7. The van der Waals surface area contributed by atoms with Crippen LogP contribution >= 0.6 is 0 Å². The van der Waals surface area contributed by atoms with Crippen LogP contribution in [0, 0.1) is 5.92 Å². The van der Waals surface area contributed by atoms with Gasteiger partial charge in [0.05, 0.1) is 12.6 Å². The van der Waals surface area contributed by atoms with Crippen LogP contribution in [0.25, 0.3) is 0 Å². The molecule has 0 heterocycles. The maximum Gasteiger partial charge on any atom is 0.237 e. The zero-order valence-corrected chi connectivity index (χ0v) is 9.95. The molecule has 5 nitrogen and oxygen atoms in total. The van der Waals surface area contributed by atoms with E-state index in [2.05, 4.69) is 5.32 Å². The molecule has 1 unspecified atom stereocenters. The van der Waals surface area contributed by atoms with Crippen LogP contribution in [-0.2, 0) is 14.3 Å². The summed E-state index contributed by atoms with van der Waals surface area (Å²) in [5.74, 6) is 0.0111. The fourth-order valence-electron chi connectivity index (χ4n) is 1.08. The molecule has 5 heteroatoms. The Kier molecular flexibility index (Phi) is 7.29. The highest BCUT2D eigenvalue weighted by molar-refractivity contribution is 5.81. The lowest BCUT2D eigenvalue weighted by Crippen LogP contribution is -2.47. The third-order valence-electron chi connectivity index (χ3n) is 2.53. The summed E-state index contributed by atoms with van der Waals surface area (Å²) in [6.45, 7) is 4.27. The van der Waals surface area contributed by atoms with Gasteiger partial charge < -0.3 is 20.5 Å². The fourth-order valence-corrected chi connectivity index (χ4v) is 1.08. The zero-order chi connectivity index (χ0) is 11.8. The minimum absolute atomic E-state index is 0.163. The van der Waals surface area contributed by atoms with Crippen molar-refractivity contribution in [3.8, 4) is 0 Å². The second-order valence-corrected chi connectivity index (χ2v) is 3.56. The molecule has 0 spiro atoms. The summed E-state index contributed by atoms with van der Waals surface area (Å²) in [4.78, 5) is 11.5. The minimum atomic E-state index is -0.468. The molecular weight excluding hydrogens is 196 g/mol. The van der Waals surface area contributed by atoms with E-state index in [0.717, 1.165) is 6.42 Å². The molecule has 2 atom stereocenters. The van der Waals surface area contributed by atoms with Gasteiger partial charge in [0, 0.05) is 14.2 Å². The summed E-state index contributed by atoms with van der Waals surface area (Å²) in [7, 11) is 3.05. The summed E-state index contributed by atoms with van der Waals surface area (Å²) in [5, 5.41) is 2.69. The van der Waals surface area contributed by atoms with Crippen LogP contribution in [0.4, 0.5) is 0 Å². The number of rotatable bonds is 7. The Morgan fingerprint density at radius 3 is 2.33 bits per heavy atom. The smallest absolute Gasteiger partial charge is 0.237 e. The third-order valence-corrected chi connectivity index (χ3v) is 2.53. The van der Waals surface area contributed by atoms with Gasteiger partial charge in [-0.1, -0.05) is 20.3 Å². The molecule has 0 fully saturated rings. The number of ether oxygens (including phenoxy) is 2. The van der Waals surface area contributed by atoms with Gasteiger partial charge in [-0.15, -0.1) is 0 Å². The predicted octanol–water partition coefficient (Wildman–Crippen LogP) is 0.0949. The second kappa shape index (κ2) is 7.62. The maximum atomic E-state index is 11.5. The van der Waals surface area contributed by atoms with Crippen LogP contribution in [0.3, 0.4) is 0 Å². The number of carbonyl (C=O) groups excluding carboxylic acids is 1. The second-order valence-electron chi connectivity index (χ2n) is 3.56. The Balaban J connectivity index is 3.92. The van der Waals surface area contributed by atoms with E-state index >= 15 is 0 Å². The Labute approximate surface area is 91.3 Å². The first-order chi connectivity index (χ1) is 7.06. The topological polar surface area (TPSA) is 73.6 Å². The van der Waals surface area contributed by atoms with Crippen LogP contribution < -0.4 is 11.1 Å². The van der Waals surface area contributed by atoms with Crippen LogP contribution in [-0.4, -0.2) is 39.0 Å². The lowest BCUT2D eigenvalue weighted by molar-refractivity contribution is -0.129. The number of amides is 1. The van der Waals surface area contributed by atoms with Gasteiger partial charge in [0.15, 0.2) is 6.29 Å². The number of methoxy groups -OCH3 is 2. The molecule has 0 aliphatic rings. The standard InChI is InChI=1S/C10H22N2O3/c1-5-7(2)9(11)10(13)12-6-8(14-3)15-4/h7-9H,5-6,11H2,1-4H3,(H,12,13)/t7?,9-/m0/s1. The van der Waals surface area contributed by atoms with Crippen molar-refractivity contribution in [2.45, 2.75) is 32.6 Å². The molecule has 0 aromatic heterocycles. The van der Waals surface area contributed by atoms with Crippen molar-refractivity contribution >= 4 is 5.91 Å². The lowest BCUT2D eigenvalue weighted by Gasteiger charge is -2.19. The Morgan fingerprint density at radius 2 is 1.93 bits per heavy atom. The summed E-state index contributed by atoms with van der Waals surface area (Å²) in [5.41, 5.74) is 5.75. The normalized spacial score (nSPS) is 15.1. The number of hydrogen-bond acceptors (Lipinski definition) is 4. The van der Waals surface area contributed by atoms with Crippen LogP contribution in [0.5, 0.6) is 0 Å². The van der Waals surface area contributed by atoms with E-state index in [1.165, 1.54) is 14.2 Å². The molecule has 0 radical (unpaired) electrons. The molecule has 0 bridgehead atoms. The number of nitrogens with one attached hydrogen (secondary N) is 1. The monoisotopic (exact) mass is 218 g/mol. The number of carbonyl (C=O) groups is 1. The van der Waals surface area contributed by atoms with Crippen molar-refractivity contribution in [1.82, 2.24) is 5.32 Å². The maximum absolute atomic E-state index is 11.5. The molecule has 0 rings (SSSR count). The number of hydrogen-bond donors (Lipinski definition) is 2. The predicted molar refractivity (Wildman–Crippen MR) is 58.2 cm³/mol. The fraction of sp³-hybridized carbons (Fsp3) is 0.900. The number of nitrogens with two attached hydrogens (primary N) is 1. The molecule has 1 amide bonds. The van der Waals surface area contributed by atoms with Crippen molar-refractivity contribution in [2.75, 3.05) is 20.8 Å². The highest BCUT2D eigenvalue weighted by Gasteiger charge is 2.19. The first kappa shape index (κ1) is 14.3. The van der Waals surface area contributed by atoms with Gasteiger partial charge in [0.25, 0.3) is 0 Å². The molecule has 0 aliphatic heterocycles. The molecule has 0 saturated heterocycles. The van der Waals surface area contributed by atoms with Gasteiger partial charge in [-0.25, -0.2) is 0 Å². The zero-order valence-electron chi connectivity index (χ0n) is 9.95. The molecule has 0 saturated carbocycles. The summed E-state index contributed by atoms with van der Waals surface area (Å²) >= 11 is 0. The minimum Gasteiger partial charge on any atom is -0.354 e. The van der Waals surface area contributed by atoms with E-state index in [1.807, 2.05) is 13.8 Å². The summed E-state index contributed by atoms with van der Waals surface area (Å²) in [6.07, 6.45) is 0.463. The van der Waals surface area contributed by atoms with Gasteiger partial charge in [-0.3, -0.25) is 4.79 Å². The molecule has 0 aromatic carbocycles. The van der Waals surface area contributed by atoms with Crippen LogP contribution in [0.15, 0.2) is 0 Å². The molecule has 0 aliphatic carbocycles. The van der Waals surface area contributed by atoms with Crippen molar-refractivity contribution in [3.05, 3.63) is 0 Å². The summed E-state index contributed by atoms with van der Waals surface area (Å²) < 4.78 is 9.88. The largest absolute Gasteiger partial charge is 0.354 e. The highest BCUT2D eigenvalue weighted by Crippen LogP contribution is 2.04. The van der Waals surface area contributed by atoms with E-state index < -0.39 is 12.3 Å². The van der Waals surface area contributed by atoms with E-state index in [1.54, 1.807) is 0 Å². The molecule has 15 heavy (non-hydrogen) atoms. The van der Waals surface area contributed by atoms with Crippen LogP contribution in [0.1, 0.15) is 20.3 Å². The SMILES string of the molecule is CCC(C)[C@H](N)C(=O)NCC(OC)OC. The van der Waals surface area contributed by atoms with Gasteiger partial charge >= 0.3 is 0 Å². The average molecular weight is 218 g/mol. The third kappa shape index (κ3) is 5.11. The Bertz CT molecular complexity index is 184. The average Bonchev–Trinajstić information content (AvgIpc) is 2.27. The van der Waals surface area contributed by atoms with E-state index in [-0.39, 0.29) is 11.8 Å². The molecule has 3 N–H and O–H groups in total. The van der Waals surface area contributed by atoms with Crippen LogP contribution in [0.2, 0.25) is 0 Å². The van der Waals surface area contributed by atoms with Gasteiger partial charge in [0.1, 0.15) is 0 Å². The Morgan fingerprint density at radius 1 is 1.40 bits per heavy atom. The Hall–Kier alpha value is -0.650. The van der Waals surface area contributed by atoms with Crippen molar-refractivity contribution in [3.63, 3.8) is 0 Å². The molecule has 90 valence electrons. The van der Waals surface area contributed by atoms with E-state index in [4.69, 9.17) is 15.2 Å². The van der Waals surface area contributed by atoms with Gasteiger partial charge in [0.2, 0.25) is 5.91 Å². The van der Waals surface area contributed by atoms with Gasteiger partial charge in [-0.2, -0.15) is 0 Å². The van der Waals surface area contributed by atoms with Crippen molar-refractivity contribution < 1.29 is 14.3 Å². The van der Waals surface area contributed by atoms with Gasteiger partial charge in [-0.05, 0) is 5.92 Å². The van der Waals surface area contributed by atoms with Crippen molar-refractivity contribution in [1.29, 1.82) is 0 Å². The lowest BCUT2D eigenvalue weighted by atomic mass is 9.99.